The third-order valence-electron chi connectivity index (χ3n) is 2.51. The summed E-state index contributed by atoms with van der Waals surface area (Å²) < 4.78 is 0. The molecule has 0 spiro atoms. The van der Waals surface area contributed by atoms with E-state index in [-0.39, 0.29) is 5.91 Å². The lowest BCUT2D eigenvalue weighted by atomic mass is 10.1. The number of aromatic amines is 1. The van der Waals surface area contributed by atoms with E-state index >= 15 is 0 Å². The Balaban J connectivity index is 2.45. The van der Waals surface area contributed by atoms with Crippen molar-refractivity contribution in [2.75, 3.05) is 7.05 Å². The van der Waals surface area contributed by atoms with Crippen molar-refractivity contribution in [3.63, 3.8) is 0 Å². The number of benzene rings is 1. The molecule has 0 bridgehead atoms. The Bertz CT molecular complexity index is 502. The van der Waals surface area contributed by atoms with Crippen molar-refractivity contribution in [2.45, 2.75) is 6.92 Å². The first-order valence-electron chi connectivity index (χ1n) is 5.06. The molecule has 2 rings (SSSR count). The molecule has 0 saturated heterocycles. The number of carbonyl (C=O) groups excluding carboxylic acids is 1. The smallest absolute Gasteiger partial charge is 0.269 e. The first kappa shape index (κ1) is 10.4. The number of hydrogen-bond donors (Lipinski definition) is 2. The highest BCUT2D eigenvalue weighted by Crippen LogP contribution is 2.22. The van der Waals surface area contributed by atoms with Gasteiger partial charge in [0.05, 0.1) is 5.69 Å². The van der Waals surface area contributed by atoms with Gasteiger partial charge < -0.3 is 5.32 Å². The molecular formula is C12H13N3O. The second-order valence-electron chi connectivity index (χ2n) is 3.52. The van der Waals surface area contributed by atoms with Crippen molar-refractivity contribution in [1.29, 1.82) is 0 Å². The minimum absolute atomic E-state index is 0.146. The van der Waals surface area contributed by atoms with Crippen LogP contribution < -0.4 is 5.32 Å². The molecule has 0 aliphatic heterocycles. The van der Waals surface area contributed by atoms with Crippen LogP contribution in [-0.4, -0.2) is 23.2 Å². The van der Waals surface area contributed by atoms with Crippen LogP contribution in [0.15, 0.2) is 30.3 Å². The van der Waals surface area contributed by atoms with Crippen molar-refractivity contribution >= 4 is 5.91 Å². The fraction of sp³-hybridized carbons (Fsp3) is 0.167. The zero-order valence-electron chi connectivity index (χ0n) is 9.24. The van der Waals surface area contributed by atoms with Gasteiger partial charge in [-0.3, -0.25) is 9.89 Å². The maximum absolute atomic E-state index is 11.5. The molecule has 1 amide bonds. The Labute approximate surface area is 93.7 Å². The molecule has 0 saturated carbocycles. The zero-order valence-corrected chi connectivity index (χ0v) is 9.24. The van der Waals surface area contributed by atoms with E-state index in [4.69, 9.17) is 0 Å². The predicted octanol–water partition coefficient (Wildman–Crippen LogP) is 1.74. The molecule has 1 aromatic heterocycles. The lowest BCUT2D eigenvalue weighted by molar-refractivity contribution is 0.0957. The Morgan fingerprint density at radius 3 is 2.62 bits per heavy atom. The van der Waals surface area contributed by atoms with Gasteiger partial charge in [0.1, 0.15) is 5.69 Å². The van der Waals surface area contributed by atoms with Gasteiger partial charge in [0.25, 0.3) is 5.91 Å². The van der Waals surface area contributed by atoms with E-state index in [9.17, 15) is 4.79 Å². The second kappa shape index (κ2) is 4.18. The molecule has 0 atom stereocenters. The van der Waals surface area contributed by atoms with Gasteiger partial charge in [0.15, 0.2) is 0 Å². The zero-order chi connectivity index (χ0) is 11.5. The largest absolute Gasteiger partial charge is 0.354 e. The quantitative estimate of drug-likeness (QED) is 0.801. The van der Waals surface area contributed by atoms with Crippen molar-refractivity contribution in [1.82, 2.24) is 15.5 Å². The lowest BCUT2D eigenvalue weighted by Crippen LogP contribution is -2.19. The van der Waals surface area contributed by atoms with Gasteiger partial charge in [-0.05, 0) is 6.92 Å². The summed E-state index contributed by atoms with van der Waals surface area (Å²) in [5, 5.41) is 9.51. The third kappa shape index (κ3) is 1.69. The Kier molecular flexibility index (Phi) is 2.72. The molecule has 0 unspecified atom stereocenters. The maximum Gasteiger partial charge on any atom is 0.269 e. The molecule has 4 nitrogen and oxygen atoms in total. The number of rotatable bonds is 2. The number of carbonyl (C=O) groups is 1. The first-order valence-corrected chi connectivity index (χ1v) is 5.06. The summed E-state index contributed by atoms with van der Waals surface area (Å²) in [5.74, 6) is -0.146. The molecule has 0 aliphatic carbocycles. The van der Waals surface area contributed by atoms with Crippen LogP contribution in [0, 0.1) is 6.92 Å². The van der Waals surface area contributed by atoms with Crippen LogP contribution in [0.5, 0.6) is 0 Å². The molecule has 1 heterocycles. The van der Waals surface area contributed by atoms with E-state index in [1.807, 2.05) is 37.3 Å². The molecule has 2 N–H and O–H groups in total. The second-order valence-corrected chi connectivity index (χ2v) is 3.52. The fourth-order valence-electron chi connectivity index (χ4n) is 1.62. The molecule has 4 heteroatoms. The highest BCUT2D eigenvalue weighted by atomic mass is 16.1. The number of aromatic nitrogens is 2. The van der Waals surface area contributed by atoms with E-state index in [2.05, 4.69) is 15.5 Å². The monoisotopic (exact) mass is 215 g/mol. The van der Waals surface area contributed by atoms with Gasteiger partial charge >= 0.3 is 0 Å². The van der Waals surface area contributed by atoms with Crippen LogP contribution in [0.25, 0.3) is 11.3 Å². The van der Waals surface area contributed by atoms with Crippen LogP contribution in [0.4, 0.5) is 0 Å². The summed E-state index contributed by atoms with van der Waals surface area (Å²) in [4.78, 5) is 11.5. The lowest BCUT2D eigenvalue weighted by Gasteiger charge is -1.99. The first-order chi connectivity index (χ1) is 7.74. The average Bonchev–Trinajstić information content (AvgIpc) is 2.71. The molecule has 1 aromatic carbocycles. The van der Waals surface area contributed by atoms with E-state index in [0.717, 1.165) is 16.8 Å². The highest BCUT2D eigenvalue weighted by molar-refractivity contribution is 5.95. The summed E-state index contributed by atoms with van der Waals surface area (Å²) in [6.45, 7) is 1.89. The van der Waals surface area contributed by atoms with Crippen LogP contribution in [-0.2, 0) is 0 Å². The van der Waals surface area contributed by atoms with Crippen molar-refractivity contribution < 1.29 is 4.79 Å². The van der Waals surface area contributed by atoms with Crippen molar-refractivity contribution in [2.24, 2.45) is 0 Å². The number of nitrogens with one attached hydrogen (secondary N) is 2. The van der Waals surface area contributed by atoms with Gasteiger partial charge in [0.2, 0.25) is 0 Å². The summed E-state index contributed by atoms with van der Waals surface area (Å²) >= 11 is 0. The molecule has 0 radical (unpaired) electrons. The molecule has 82 valence electrons. The summed E-state index contributed by atoms with van der Waals surface area (Å²) in [7, 11) is 1.60. The van der Waals surface area contributed by atoms with Gasteiger partial charge in [-0.2, -0.15) is 5.10 Å². The van der Waals surface area contributed by atoms with Crippen LogP contribution in [0.2, 0.25) is 0 Å². The van der Waals surface area contributed by atoms with Crippen molar-refractivity contribution in [3.05, 3.63) is 41.6 Å². The summed E-state index contributed by atoms with van der Waals surface area (Å²) in [6, 6.07) is 9.78. The Hall–Kier alpha value is -2.10. The Morgan fingerprint density at radius 2 is 2.00 bits per heavy atom. The number of amides is 1. The molecule has 16 heavy (non-hydrogen) atoms. The van der Waals surface area contributed by atoms with Crippen LogP contribution in [0.1, 0.15) is 16.1 Å². The van der Waals surface area contributed by atoms with Gasteiger partial charge in [0, 0.05) is 18.2 Å². The number of hydrogen-bond acceptors (Lipinski definition) is 2. The minimum Gasteiger partial charge on any atom is -0.354 e. The number of nitrogens with zero attached hydrogens (tertiary/aromatic N) is 1. The normalized spacial score (nSPS) is 10.1. The van der Waals surface area contributed by atoms with Crippen molar-refractivity contribution in [3.8, 4) is 11.3 Å². The summed E-state index contributed by atoms with van der Waals surface area (Å²) in [6.07, 6.45) is 0. The van der Waals surface area contributed by atoms with E-state index < -0.39 is 0 Å². The SMILES string of the molecule is CNC(=O)c1[nH]nc(-c2ccccc2)c1C. The molecule has 2 aromatic rings. The topological polar surface area (TPSA) is 57.8 Å². The van der Waals surface area contributed by atoms with E-state index in [1.54, 1.807) is 7.05 Å². The third-order valence-corrected chi connectivity index (χ3v) is 2.51. The maximum atomic E-state index is 11.5. The number of H-pyrrole nitrogens is 1. The standard InChI is InChI=1S/C12H13N3O/c1-8-10(9-6-4-3-5-7-9)14-15-11(8)12(16)13-2/h3-7H,1-2H3,(H,13,16)(H,14,15). The predicted molar refractivity (Wildman–Crippen MR) is 62.2 cm³/mol. The summed E-state index contributed by atoms with van der Waals surface area (Å²) in [5.41, 5.74) is 3.21. The van der Waals surface area contributed by atoms with Gasteiger partial charge in [-0.25, -0.2) is 0 Å². The molecule has 0 fully saturated rings. The Morgan fingerprint density at radius 1 is 1.31 bits per heavy atom. The molecular weight excluding hydrogens is 202 g/mol. The highest BCUT2D eigenvalue weighted by Gasteiger charge is 2.15. The average molecular weight is 215 g/mol. The van der Waals surface area contributed by atoms with Gasteiger partial charge in [-0.15, -0.1) is 0 Å². The van der Waals surface area contributed by atoms with Gasteiger partial charge in [-0.1, -0.05) is 30.3 Å². The van der Waals surface area contributed by atoms with E-state index in [0.29, 0.717) is 5.69 Å². The van der Waals surface area contributed by atoms with Crippen LogP contribution in [0.3, 0.4) is 0 Å². The minimum atomic E-state index is -0.146. The molecule has 0 aliphatic rings. The fourth-order valence-corrected chi connectivity index (χ4v) is 1.62. The van der Waals surface area contributed by atoms with E-state index in [1.165, 1.54) is 0 Å². The van der Waals surface area contributed by atoms with Crippen LogP contribution >= 0.6 is 0 Å².